The van der Waals surface area contributed by atoms with Gasteiger partial charge in [0.15, 0.2) is 0 Å². The van der Waals surface area contributed by atoms with Gasteiger partial charge in [0.1, 0.15) is 5.82 Å². The number of nitrogens with one attached hydrogen (secondary N) is 1. The Labute approximate surface area is 170 Å². The first-order valence-electron chi connectivity index (χ1n) is 10.0. The molecule has 0 bridgehead atoms. The molecule has 1 saturated heterocycles. The normalized spacial score (nSPS) is 17.2. The SMILES string of the molecule is O=C(NC1CCCN(Cc2ccccc2F)C1)c1cnn(Cc2ccccc2)c1. The summed E-state index contributed by atoms with van der Waals surface area (Å²) >= 11 is 0. The highest BCUT2D eigenvalue weighted by Gasteiger charge is 2.23. The highest BCUT2D eigenvalue weighted by atomic mass is 19.1. The molecule has 1 amide bonds. The molecule has 1 unspecified atom stereocenters. The Bertz CT molecular complexity index is 956. The summed E-state index contributed by atoms with van der Waals surface area (Å²) in [5.74, 6) is -0.286. The number of hydrogen-bond donors (Lipinski definition) is 1. The van der Waals surface area contributed by atoms with Gasteiger partial charge in [-0.1, -0.05) is 48.5 Å². The predicted octanol–water partition coefficient (Wildman–Crippen LogP) is 3.46. The number of likely N-dealkylation sites (tertiary alicyclic amines) is 1. The Kier molecular flexibility index (Phi) is 6.00. The fourth-order valence-electron chi connectivity index (χ4n) is 3.79. The number of carbonyl (C=O) groups excluding carboxylic acids is 1. The van der Waals surface area contributed by atoms with Crippen LogP contribution in [0.15, 0.2) is 67.0 Å². The second-order valence-electron chi connectivity index (χ2n) is 7.55. The molecule has 2 heterocycles. The summed E-state index contributed by atoms with van der Waals surface area (Å²) in [6.45, 7) is 2.83. The number of piperidine rings is 1. The fourth-order valence-corrected chi connectivity index (χ4v) is 3.79. The van der Waals surface area contributed by atoms with E-state index in [-0.39, 0.29) is 17.8 Å². The van der Waals surface area contributed by atoms with Crippen molar-refractivity contribution in [2.45, 2.75) is 32.0 Å². The molecule has 0 radical (unpaired) electrons. The Balaban J connectivity index is 1.33. The van der Waals surface area contributed by atoms with Gasteiger partial charge in [-0.2, -0.15) is 5.10 Å². The van der Waals surface area contributed by atoms with Gasteiger partial charge in [-0.3, -0.25) is 14.4 Å². The van der Waals surface area contributed by atoms with Crippen LogP contribution >= 0.6 is 0 Å². The molecule has 0 spiro atoms. The number of carbonyl (C=O) groups is 1. The number of aromatic nitrogens is 2. The Morgan fingerprint density at radius 3 is 2.72 bits per heavy atom. The molecule has 1 aromatic heterocycles. The molecule has 1 atom stereocenters. The number of amides is 1. The number of benzene rings is 2. The Morgan fingerprint density at radius 1 is 1.10 bits per heavy atom. The smallest absolute Gasteiger partial charge is 0.254 e. The van der Waals surface area contributed by atoms with Gasteiger partial charge in [-0.25, -0.2) is 4.39 Å². The van der Waals surface area contributed by atoms with Crippen LogP contribution in [0.1, 0.15) is 34.3 Å². The summed E-state index contributed by atoms with van der Waals surface area (Å²) in [5, 5.41) is 7.42. The van der Waals surface area contributed by atoms with Crippen molar-refractivity contribution in [3.05, 3.63) is 89.5 Å². The van der Waals surface area contributed by atoms with Crippen LogP contribution < -0.4 is 5.32 Å². The predicted molar refractivity (Wildman–Crippen MR) is 110 cm³/mol. The molecular weight excluding hydrogens is 367 g/mol. The van der Waals surface area contributed by atoms with Crippen LogP contribution in [0.2, 0.25) is 0 Å². The van der Waals surface area contributed by atoms with Crippen molar-refractivity contribution in [2.75, 3.05) is 13.1 Å². The molecule has 0 saturated carbocycles. The third-order valence-corrected chi connectivity index (χ3v) is 5.28. The maximum Gasteiger partial charge on any atom is 0.254 e. The van der Waals surface area contributed by atoms with Crippen molar-refractivity contribution >= 4 is 5.91 Å². The van der Waals surface area contributed by atoms with E-state index in [1.165, 1.54) is 6.07 Å². The third kappa shape index (κ3) is 5.09. The van der Waals surface area contributed by atoms with Gasteiger partial charge >= 0.3 is 0 Å². The first-order chi connectivity index (χ1) is 14.2. The van der Waals surface area contributed by atoms with Crippen LogP contribution in [-0.4, -0.2) is 39.7 Å². The second kappa shape index (κ2) is 9.01. The minimum Gasteiger partial charge on any atom is -0.348 e. The van der Waals surface area contributed by atoms with E-state index in [0.29, 0.717) is 24.2 Å². The first kappa shape index (κ1) is 19.3. The third-order valence-electron chi connectivity index (χ3n) is 5.28. The van der Waals surface area contributed by atoms with Gasteiger partial charge in [0.25, 0.3) is 5.91 Å². The second-order valence-corrected chi connectivity index (χ2v) is 7.55. The topological polar surface area (TPSA) is 50.2 Å². The molecule has 1 aliphatic rings. The molecule has 3 aromatic rings. The number of rotatable bonds is 6. The highest BCUT2D eigenvalue weighted by molar-refractivity contribution is 5.93. The van der Waals surface area contributed by atoms with E-state index in [4.69, 9.17) is 0 Å². The van der Waals surface area contributed by atoms with E-state index in [1.54, 1.807) is 23.1 Å². The van der Waals surface area contributed by atoms with E-state index in [0.717, 1.165) is 31.5 Å². The molecule has 6 heteroatoms. The van der Waals surface area contributed by atoms with Crippen LogP contribution in [0.3, 0.4) is 0 Å². The van der Waals surface area contributed by atoms with Gasteiger partial charge in [0.2, 0.25) is 0 Å². The first-order valence-corrected chi connectivity index (χ1v) is 10.0. The standard InChI is InChI=1S/C23H25FN4O/c24-22-11-5-4-9-19(22)15-27-12-6-10-21(17-27)26-23(29)20-13-25-28(16-20)14-18-7-2-1-3-8-18/h1-5,7-9,11,13,16,21H,6,10,12,14-15,17H2,(H,26,29). The number of hydrogen-bond acceptors (Lipinski definition) is 3. The zero-order valence-corrected chi connectivity index (χ0v) is 16.3. The van der Waals surface area contributed by atoms with E-state index in [2.05, 4.69) is 15.3 Å². The van der Waals surface area contributed by atoms with Crippen LogP contribution in [0.5, 0.6) is 0 Å². The average Bonchev–Trinajstić information content (AvgIpc) is 3.19. The van der Waals surface area contributed by atoms with Crippen molar-refractivity contribution in [3.8, 4) is 0 Å². The number of halogens is 1. The maximum absolute atomic E-state index is 13.9. The van der Waals surface area contributed by atoms with Gasteiger partial charge in [-0.05, 0) is 31.0 Å². The molecule has 5 nitrogen and oxygen atoms in total. The molecule has 1 fully saturated rings. The average molecular weight is 392 g/mol. The van der Waals surface area contributed by atoms with Crippen molar-refractivity contribution in [1.82, 2.24) is 20.0 Å². The lowest BCUT2D eigenvalue weighted by Crippen LogP contribution is -2.47. The van der Waals surface area contributed by atoms with Crippen LogP contribution in [0.4, 0.5) is 4.39 Å². The van der Waals surface area contributed by atoms with Crippen molar-refractivity contribution < 1.29 is 9.18 Å². The van der Waals surface area contributed by atoms with Gasteiger partial charge in [-0.15, -0.1) is 0 Å². The molecule has 0 aliphatic carbocycles. The van der Waals surface area contributed by atoms with Gasteiger partial charge in [0, 0.05) is 30.9 Å². The van der Waals surface area contributed by atoms with Gasteiger partial charge < -0.3 is 5.32 Å². The van der Waals surface area contributed by atoms with Crippen LogP contribution in [-0.2, 0) is 13.1 Å². The highest BCUT2D eigenvalue weighted by Crippen LogP contribution is 2.16. The summed E-state index contributed by atoms with van der Waals surface area (Å²) < 4.78 is 15.7. The minimum absolute atomic E-state index is 0.0560. The summed E-state index contributed by atoms with van der Waals surface area (Å²) in [7, 11) is 0. The minimum atomic E-state index is -0.176. The lowest BCUT2D eigenvalue weighted by atomic mass is 10.0. The summed E-state index contributed by atoms with van der Waals surface area (Å²) in [6, 6.07) is 17.0. The maximum atomic E-state index is 13.9. The number of nitrogens with zero attached hydrogens (tertiary/aromatic N) is 3. The molecule has 4 rings (SSSR count). The van der Waals surface area contributed by atoms with E-state index in [1.807, 2.05) is 42.5 Å². The Morgan fingerprint density at radius 2 is 1.90 bits per heavy atom. The summed E-state index contributed by atoms with van der Waals surface area (Å²) in [4.78, 5) is 14.9. The van der Waals surface area contributed by atoms with E-state index < -0.39 is 0 Å². The molecule has 29 heavy (non-hydrogen) atoms. The molecule has 150 valence electrons. The van der Waals surface area contributed by atoms with Crippen LogP contribution in [0.25, 0.3) is 0 Å². The van der Waals surface area contributed by atoms with Crippen molar-refractivity contribution in [3.63, 3.8) is 0 Å². The quantitative estimate of drug-likeness (QED) is 0.699. The molecule has 1 N–H and O–H groups in total. The van der Waals surface area contributed by atoms with E-state index >= 15 is 0 Å². The Hall–Kier alpha value is -2.99. The monoisotopic (exact) mass is 392 g/mol. The molecular formula is C23H25FN4O. The van der Waals surface area contributed by atoms with Crippen molar-refractivity contribution in [2.24, 2.45) is 0 Å². The summed E-state index contributed by atoms with van der Waals surface area (Å²) in [6.07, 6.45) is 5.30. The summed E-state index contributed by atoms with van der Waals surface area (Å²) in [5.41, 5.74) is 2.40. The van der Waals surface area contributed by atoms with Crippen LogP contribution in [0, 0.1) is 5.82 Å². The lowest BCUT2D eigenvalue weighted by Gasteiger charge is -2.33. The van der Waals surface area contributed by atoms with Gasteiger partial charge in [0.05, 0.1) is 18.3 Å². The molecule has 1 aliphatic heterocycles. The zero-order chi connectivity index (χ0) is 20.1. The zero-order valence-electron chi connectivity index (χ0n) is 16.3. The molecule has 2 aromatic carbocycles. The largest absolute Gasteiger partial charge is 0.348 e. The fraction of sp³-hybridized carbons (Fsp3) is 0.304. The lowest BCUT2D eigenvalue weighted by molar-refractivity contribution is 0.0900. The van der Waals surface area contributed by atoms with Crippen molar-refractivity contribution in [1.29, 1.82) is 0 Å². The van der Waals surface area contributed by atoms with E-state index in [9.17, 15) is 9.18 Å².